The molecule has 2 aromatic rings. The Kier molecular flexibility index (Phi) is 8.25. The van der Waals surface area contributed by atoms with Crippen LogP contribution in [0.5, 0.6) is 0 Å². The van der Waals surface area contributed by atoms with E-state index in [2.05, 4.69) is 0 Å². The number of nitrogens with one attached hydrogen (secondary N) is 1. The van der Waals surface area contributed by atoms with E-state index in [1.165, 1.54) is 12.1 Å². The Bertz CT molecular complexity index is 1340. The number of nitrogens with zero attached hydrogens (tertiary/aromatic N) is 2. The number of likely N-dealkylation sites (tertiary alicyclic amines) is 1. The van der Waals surface area contributed by atoms with Crippen LogP contribution in [0.1, 0.15) is 71.6 Å². The number of hydrogen-bond acceptors (Lipinski definition) is 5. The number of rotatable bonds is 11. The minimum Gasteiger partial charge on any atom is -0.373 e. The first-order valence-electron chi connectivity index (χ1n) is 13.1. The summed E-state index contributed by atoms with van der Waals surface area (Å²) in [6.07, 6.45) is 3.23. The fourth-order valence-corrected chi connectivity index (χ4v) is 7.03. The van der Waals surface area contributed by atoms with Crippen molar-refractivity contribution in [1.82, 2.24) is 13.9 Å². The summed E-state index contributed by atoms with van der Waals surface area (Å²) in [4.78, 5) is 14.6. The van der Waals surface area contributed by atoms with Crippen LogP contribution in [0.2, 0.25) is 10.0 Å². The quantitative estimate of drug-likeness (QED) is 0.374. The molecule has 0 radical (unpaired) electrons. The summed E-state index contributed by atoms with van der Waals surface area (Å²) in [6.45, 7) is 2.88. The Labute approximate surface area is 237 Å². The van der Waals surface area contributed by atoms with E-state index < -0.39 is 27.6 Å². The predicted molar refractivity (Wildman–Crippen MR) is 146 cm³/mol. The third kappa shape index (κ3) is 6.41. The van der Waals surface area contributed by atoms with E-state index in [0.717, 1.165) is 41.1 Å². The van der Waals surface area contributed by atoms with Gasteiger partial charge in [-0.15, -0.1) is 0 Å². The lowest BCUT2D eigenvalue weighted by atomic mass is 9.91. The topological polar surface area (TPSA) is 79.0 Å². The molecule has 39 heavy (non-hydrogen) atoms. The second-order valence-electron chi connectivity index (χ2n) is 10.7. The Hall–Kier alpha value is -1.82. The Morgan fingerprint density at radius 1 is 1.15 bits per heavy atom. The van der Waals surface area contributed by atoms with E-state index in [1.807, 2.05) is 28.7 Å². The standard InChI is InChI=1S/C27H31Cl2F2N3O4S/c1-2-25(18-8-20(28)11-21(29)9-18)33-14-27(31,15-33)16-38-13-19-10-24(30)23(12-22(19)17-4-5-17)26(35)32-39(36,37)34-6-3-7-34/h8-12,17,25H,2-7,13-16H2,1H3,(H,32,35). The zero-order valence-corrected chi connectivity index (χ0v) is 23.9. The molecule has 0 aromatic heterocycles. The molecule has 212 valence electrons. The normalized spacial score (nSPS) is 20.2. The highest BCUT2D eigenvalue weighted by atomic mass is 35.5. The largest absolute Gasteiger partial charge is 0.373 e. The van der Waals surface area contributed by atoms with Crippen LogP contribution in [0.25, 0.3) is 0 Å². The van der Waals surface area contributed by atoms with Gasteiger partial charge in [-0.05, 0) is 78.6 Å². The molecular formula is C27H31Cl2F2N3O4S. The zero-order valence-electron chi connectivity index (χ0n) is 21.6. The van der Waals surface area contributed by atoms with Gasteiger partial charge in [0.15, 0.2) is 5.67 Å². The van der Waals surface area contributed by atoms with Gasteiger partial charge < -0.3 is 4.74 Å². The number of carbonyl (C=O) groups is 1. The van der Waals surface area contributed by atoms with Gasteiger partial charge in [0.1, 0.15) is 5.82 Å². The Morgan fingerprint density at radius 2 is 1.82 bits per heavy atom. The Balaban J connectivity index is 1.20. The molecule has 5 rings (SSSR count). The van der Waals surface area contributed by atoms with Crippen LogP contribution in [0.15, 0.2) is 30.3 Å². The van der Waals surface area contributed by atoms with Gasteiger partial charge in [0.25, 0.3) is 5.91 Å². The first kappa shape index (κ1) is 28.7. The molecule has 1 aliphatic carbocycles. The Morgan fingerprint density at radius 3 is 2.38 bits per heavy atom. The molecule has 1 N–H and O–H groups in total. The van der Waals surface area contributed by atoms with Gasteiger partial charge in [-0.1, -0.05) is 30.1 Å². The average Bonchev–Trinajstić information content (AvgIpc) is 3.61. The highest BCUT2D eigenvalue weighted by Crippen LogP contribution is 2.43. The van der Waals surface area contributed by atoms with Crippen molar-refractivity contribution in [2.75, 3.05) is 32.8 Å². The molecule has 2 aromatic carbocycles. The maximum Gasteiger partial charge on any atom is 0.304 e. The summed E-state index contributed by atoms with van der Waals surface area (Å²) >= 11 is 12.3. The summed E-state index contributed by atoms with van der Waals surface area (Å²) in [5.41, 5.74) is 0.336. The van der Waals surface area contributed by atoms with Gasteiger partial charge in [0.05, 0.1) is 18.8 Å². The molecule has 1 atom stereocenters. The van der Waals surface area contributed by atoms with Crippen molar-refractivity contribution in [1.29, 1.82) is 0 Å². The van der Waals surface area contributed by atoms with Crippen molar-refractivity contribution in [2.24, 2.45) is 0 Å². The summed E-state index contributed by atoms with van der Waals surface area (Å²) in [5.74, 6) is -1.71. The summed E-state index contributed by atoms with van der Waals surface area (Å²) in [7, 11) is -3.99. The van der Waals surface area contributed by atoms with Gasteiger partial charge in [-0.3, -0.25) is 9.69 Å². The molecular weight excluding hydrogens is 571 g/mol. The number of hydrogen-bond donors (Lipinski definition) is 1. The summed E-state index contributed by atoms with van der Waals surface area (Å²) in [6, 6.07) is 7.93. The van der Waals surface area contributed by atoms with Crippen LogP contribution >= 0.6 is 23.2 Å². The van der Waals surface area contributed by atoms with Crippen LogP contribution in [0.3, 0.4) is 0 Å². The fourth-order valence-electron chi connectivity index (χ4n) is 5.28. The van der Waals surface area contributed by atoms with E-state index in [1.54, 1.807) is 6.07 Å². The first-order valence-corrected chi connectivity index (χ1v) is 15.3. The fraction of sp³-hybridized carbons (Fsp3) is 0.519. The van der Waals surface area contributed by atoms with Crippen LogP contribution in [-0.4, -0.2) is 62.0 Å². The number of carbonyl (C=O) groups excluding carboxylic acids is 1. The van der Waals surface area contributed by atoms with Gasteiger partial charge >= 0.3 is 10.2 Å². The smallest absolute Gasteiger partial charge is 0.304 e. The third-order valence-electron chi connectivity index (χ3n) is 7.56. The zero-order chi connectivity index (χ0) is 27.9. The van der Waals surface area contributed by atoms with E-state index in [9.17, 15) is 17.6 Å². The molecule has 3 fully saturated rings. The predicted octanol–water partition coefficient (Wildman–Crippen LogP) is 5.38. The lowest BCUT2D eigenvalue weighted by Crippen LogP contribution is -2.62. The van der Waals surface area contributed by atoms with E-state index in [0.29, 0.717) is 28.7 Å². The van der Waals surface area contributed by atoms with Crippen LogP contribution < -0.4 is 4.72 Å². The second-order valence-corrected chi connectivity index (χ2v) is 13.2. The maximum absolute atomic E-state index is 15.4. The average molecular weight is 603 g/mol. The van der Waals surface area contributed by atoms with Crippen LogP contribution in [-0.2, 0) is 21.6 Å². The maximum atomic E-state index is 15.4. The van der Waals surface area contributed by atoms with Crippen molar-refractivity contribution in [3.05, 3.63) is 68.4 Å². The van der Waals surface area contributed by atoms with Crippen LogP contribution in [0, 0.1) is 5.82 Å². The molecule has 3 aliphatic rings. The van der Waals surface area contributed by atoms with Crippen molar-refractivity contribution in [3.8, 4) is 0 Å². The van der Waals surface area contributed by atoms with Crippen molar-refractivity contribution >= 4 is 39.3 Å². The molecule has 2 heterocycles. The molecule has 1 unspecified atom stereocenters. The number of ether oxygens (including phenoxy) is 1. The van der Waals surface area contributed by atoms with Gasteiger partial charge in [0.2, 0.25) is 0 Å². The molecule has 0 spiro atoms. The van der Waals surface area contributed by atoms with Gasteiger partial charge in [-0.25, -0.2) is 13.5 Å². The molecule has 1 amide bonds. The highest BCUT2D eigenvalue weighted by molar-refractivity contribution is 7.87. The highest BCUT2D eigenvalue weighted by Gasteiger charge is 2.46. The summed E-state index contributed by atoms with van der Waals surface area (Å²) in [5, 5.41) is 1.07. The molecule has 7 nitrogen and oxygen atoms in total. The van der Waals surface area contributed by atoms with Gasteiger partial charge in [-0.2, -0.15) is 12.7 Å². The third-order valence-corrected chi connectivity index (χ3v) is 9.48. The molecule has 1 saturated carbocycles. The van der Waals surface area contributed by atoms with Gasteiger partial charge in [0, 0.05) is 42.3 Å². The number of alkyl halides is 1. The van der Waals surface area contributed by atoms with Crippen molar-refractivity contribution < 1.29 is 26.7 Å². The van der Waals surface area contributed by atoms with Crippen molar-refractivity contribution in [3.63, 3.8) is 0 Å². The number of benzene rings is 2. The lowest BCUT2D eigenvalue weighted by molar-refractivity contribution is -0.107. The number of halogens is 4. The minimum atomic E-state index is -3.99. The second kappa shape index (κ2) is 11.2. The molecule has 2 saturated heterocycles. The first-order chi connectivity index (χ1) is 18.5. The number of amides is 1. The van der Waals surface area contributed by atoms with E-state index in [-0.39, 0.29) is 43.8 Å². The van der Waals surface area contributed by atoms with Crippen molar-refractivity contribution in [2.45, 2.75) is 56.8 Å². The van der Waals surface area contributed by atoms with E-state index in [4.69, 9.17) is 27.9 Å². The lowest BCUT2D eigenvalue weighted by Gasteiger charge is -2.48. The van der Waals surface area contributed by atoms with E-state index >= 15 is 4.39 Å². The molecule has 2 aliphatic heterocycles. The molecule has 0 bridgehead atoms. The SMILES string of the molecule is CCC(c1cc(Cl)cc(Cl)c1)N1CC(F)(COCc2cc(F)c(C(=O)NS(=O)(=O)N3CCC3)cc2C2CC2)C1. The minimum absolute atomic E-state index is 0.0104. The van der Waals surface area contributed by atoms with Crippen LogP contribution in [0.4, 0.5) is 8.78 Å². The summed E-state index contributed by atoms with van der Waals surface area (Å²) < 4.78 is 63.7. The molecule has 12 heteroatoms. The monoisotopic (exact) mass is 601 g/mol.